The summed E-state index contributed by atoms with van der Waals surface area (Å²) in [6, 6.07) is 9.06. The summed E-state index contributed by atoms with van der Waals surface area (Å²) in [4.78, 5) is 58.1. The number of rotatable bonds is 4. The summed E-state index contributed by atoms with van der Waals surface area (Å²) in [5.41, 5.74) is 1.49. The normalized spacial score (nSPS) is 27.6. The molecule has 1 saturated carbocycles. The number of hydroxylamine groups is 2. The van der Waals surface area contributed by atoms with Crippen LogP contribution >= 0.6 is 54.8 Å². The number of methoxy groups -OCH3 is 1. The van der Waals surface area contributed by atoms with Crippen molar-refractivity contribution in [3.05, 3.63) is 67.1 Å². The fraction of sp³-hybridized carbons (Fsp3) is 0.343. The van der Waals surface area contributed by atoms with Crippen LogP contribution < -0.4 is 9.64 Å². The molecule has 2 aliphatic carbocycles. The highest BCUT2D eigenvalue weighted by Crippen LogP contribution is 2.65. The molecule has 3 fully saturated rings. The van der Waals surface area contributed by atoms with E-state index in [-0.39, 0.29) is 29.4 Å². The number of amides is 4. The topological polar surface area (TPSA) is 142 Å². The van der Waals surface area contributed by atoms with Crippen molar-refractivity contribution in [2.45, 2.75) is 32.6 Å². The average Bonchev–Trinajstić information content (AvgIpc) is 3.75. The molecule has 0 radical (unpaired) electrons. The van der Waals surface area contributed by atoms with Gasteiger partial charge in [-0.05, 0) is 105 Å². The lowest BCUT2D eigenvalue weighted by Gasteiger charge is -2.49. The Labute approximate surface area is 311 Å². The smallest absolute Gasteiger partial charge is 0.257 e. The summed E-state index contributed by atoms with van der Waals surface area (Å²) in [6.45, 7) is 3.75. The summed E-state index contributed by atoms with van der Waals surface area (Å²) < 4.78 is 8.80. The fourth-order valence-electron chi connectivity index (χ4n) is 8.75. The number of fused-ring (bicyclic) bond motifs is 5. The van der Waals surface area contributed by atoms with Crippen LogP contribution in [0.3, 0.4) is 0 Å². The second kappa shape index (κ2) is 11.5. The molecule has 11 nitrogen and oxygen atoms in total. The number of hydrogen-bond acceptors (Lipinski definition) is 9. The number of phenols is 1. The minimum atomic E-state index is -1.37. The van der Waals surface area contributed by atoms with Crippen LogP contribution in [-0.4, -0.2) is 55.9 Å². The van der Waals surface area contributed by atoms with Crippen LogP contribution in [0.2, 0.25) is 5.02 Å². The molecule has 50 heavy (non-hydrogen) atoms. The van der Waals surface area contributed by atoms with Gasteiger partial charge in [0.1, 0.15) is 11.5 Å². The maximum Gasteiger partial charge on any atom is 0.257 e. The largest absolute Gasteiger partial charge is 0.503 e. The van der Waals surface area contributed by atoms with Gasteiger partial charge in [-0.1, -0.05) is 23.3 Å². The number of hydrogen-bond donors (Lipinski definition) is 2. The average molecular weight is 845 g/mol. The first-order chi connectivity index (χ1) is 23.7. The Morgan fingerprint density at radius 3 is 2.52 bits per heavy atom. The molecule has 2 aliphatic heterocycles. The van der Waals surface area contributed by atoms with Crippen molar-refractivity contribution in [2.24, 2.45) is 36.1 Å². The Kier molecular flexibility index (Phi) is 7.70. The predicted octanol–water partition coefficient (Wildman–Crippen LogP) is 7.12. The van der Waals surface area contributed by atoms with Gasteiger partial charge in [0.15, 0.2) is 11.5 Å². The minimum absolute atomic E-state index is 0.114. The summed E-state index contributed by atoms with van der Waals surface area (Å²) in [5.74, 6) is -5.99. The molecule has 4 aliphatic rings. The molecule has 2 N–H and O–H groups in total. The molecule has 2 aromatic heterocycles. The van der Waals surface area contributed by atoms with E-state index in [1.807, 2.05) is 31.2 Å². The number of carbonyl (C=O) groups excluding carboxylic acids is 4. The molecule has 2 aromatic carbocycles. The van der Waals surface area contributed by atoms with E-state index in [0.29, 0.717) is 31.0 Å². The monoisotopic (exact) mass is 842 g/mol. The Balaban J connectivity index is 1.29. The highest BCUT2D eigenvalue weighted by atomic mass is 79.9. The van der Waals surface area contributed by atoms with Gasteiger partial charge in [0.05, 0.1) is 39.6 Å². The van der Waals surface area contributed by atoms with E-state index >= 15 is 4.79 Å². The Bertz CT molecular complexity index is 2270. The van der Waals surface area contributed by atoms with Gasteiger partial charge in [-0.15, -0.1) is 11.3 Å². The van der Waals surface area contributed by atoms with Gasteiger partial charge in [-0.25, -0.2) is 4.90 Å². The molecule has 15 heteroatoms. The van der Waals surface area contributed by atoms with Crippen molar-refractivity contribution in [3.8, 4) is 22.1 Å². The maximum absolute atomic E-state index is 15.0. The third kappa shape index (κ3) is 4.38. The van der Waals surface area contributed by atoms with E-state index in [2.05, 4.69) is 31.9 Å². The second-order valence-corrected chi connectivity index (χ2v) is 16.6. The van der Waals surface area contributed by atoms with Gasteiger partial charge in [0.2, 0.25) is 11.8 Å². The van der Waals surface area contributed by atoms with Crippen LogP contribution in [0.4, 0.5) is 5.82 Å². The Morgan fingerprint density at radius 1 is 1.06 bits per heavy atom. The number of ether oxygens (including phenoxy) is 1. The first kappa shape index (κ1) is 33.6. The number of aromatic hydroxyl groups is 1. The third-order valence-corrected chi connectivity index (χ3v) is 14.9. The Hall–Kier alpha value is -3.56. The standard InChI is InChI=1S/C35H29Br2ClN4O7S/c1-13-17-9-14(38)5-8-23(17)50-30(13)21-12-24(40(3)39-21)41-32(45)20-10-18-15(6-7-16-25(18)33(46)42(48)31(16)44)26(35(20,2)34(41)47)19-11-22(49-4)29(43)28(37)27(19)36/h5-6,8-9,11-12,16,18,20,25-26,43,48H,7,10H2,1-4H3. The van der Waals surface area contributed by atoms with E-state index < -0.39 is 58.6 Å². The molecule has 4 amide bonds. The quantitative estimate of drug-likeness (QED) is 0.126. The van der Waals surface area contributed by atoms with Gasteiger partial charge in [-0.2, -0.15) is 10.2 Å². The number of imide groups is 2. The summed E-state index contributed by atoms with van der Waals surface area (Å²) >= 11 is 14.9. The number of nitrogens with zero attached hydrogens (tertiary/aromatic N) is 4. The lowest BCUT2D eigenvalue weighted by atomic mass is 9.51. The minimum Gasteiger partial charge on any atom is -0.503 e. The van der Waals surface area contributed by atoms with Crippen LogP contribution in [-0.2, 0) is 26.2 Å². The number of allylic oxidation sites excluding steroid dienone is 2. The van der Waals surface area contributed by atoms with E-state index in [1.165, 1.54) is 16.7 Å². The molecule has 258 valence electrons. The van der Waals surface area contributed by atoms with Crippen LogP contribution in [0.25, 0.3) is 20.7 Å². The van der Waals surface area contributed by atoms with Crippen molar-refractivity contribution < 1.29 is 34.2 Å². The number of aromatic nitrogens is 2. The van der Waals surface area contributed by atoms with Gasteiger partial charge < -0.3 is 9.84 Å². The zero-order valence-corrected chi connectivity index (χ0v) is 31.8. The van der Waals surface area contributed by atoms with Crippen molar-refractivity contribution >= 4 is 94.3 Å². The summed E-state index contributed by atoms with van der Waals surface area (Å²) in [7, 11) is 3.10. The molecule has 0 bridgehead atoms. The SMILES string of the molecule is COc1cc(C2C3=CCC4C(=O)N(O)C(=O)C4C3CC3C(=O)N(c4cc(-c5sc6ccc(Cl)cc6c5C)nn4C)C(=O)C32C)c(Br)c(Br)c1O. The van der Waals surface area contributed by atoms with Crippen LogP contribution in [0.15, 0.2) is 50.9 Å². The highest BCUT2D eigenvalue weighted by molar-refractivity contribution is 9.13. The molecule has 6 unspecified atom stereocenters. The summed E-state index contributed by atoms with van der Waals surface area (Å²) in [5, 5.41) is 27.8. The van der Waals surface area contributed by atoms with Gasteiger partial charge in [0.25, 0.3) is 11.8 Å². The van der Waals surface area contributed by atoms with E-state index in [4.69, 9.17) is 21.4 Å². The van der Waals surface area contributed by atoms with Crippen LogP contribution in [0.5, 0.6) is 11.5 Å². The predicted molar refractivity (Wildman–Crippen MR) is 192 cm³/mol. The number of benzene rings is 2. The molecule has 2 saturated heterocycles. The Morgan fingerprint density at radius 2 is 1.80 bits per heavy atom. The molecule has 6 atom stereocenters. The second-order valence-electron chi connectivity index (χ2n) is 13.5. The van der Waals surface area contributed by atoms with Gasteiger partial charge in [-0.3, -0.25) is 29.1 Å². The number of aryl methyl sites for hydroxylation is 2. The number of anilines is 1. The van der Waals surface area contributed by atoms with Crippen molar-refractivity contribution in [1.29, 1.82) is 0 Å². The summed E-state index contributed by atoms with van der Waals surface area (Å²) in [6.07, 6.45) is 2.17. The molecule has 8 rings (SSSR count). The van der Waals surface area contributed by atoms with Gasteiger partial charge in [0, 0.05) is 33.2 Å². The van der Waals surface area contributed by atoms with E-state index in [1.54, 1.807) is 37.4 Å². The number of halogens is 3. The fourth-order valence-corrected chi connectivity index (χ4v) is 11.0. The zero-order chi connectivity index (χ0) is 35.7. The lowest BCUT2D eigenvalue weighted by molar-refractivity contribution is -0.173. The molecule has 4 aromatic rings. The van der Waals surface area contributed by atoms with E-state index in [0.717, 1.165) is 26.1 Å². The molecular weight excluding hydrogens is 816 g/mol. The number of carbonyl (C=O) groups is 4. The maximum atomic E-state index is 15.0. The van der Waals surface area contributed by atoms with Crippen LogP contribution in [0.1, 0.15) is 36.8 Å². The van der Waals surface area contributed by atoms with Crippen LogP contribution in [0, 0.1) is 36.0 Å². The number of phenolic OH excluding ortho intramolecular Hbond substituents is 1. The van der Waals surface area contributed by atoms with E-state index in [9.17, 15) is 24.7 Å². The van der Waals surface area contributed by atoms with Crippen molar-refractivity contribution in [2.75, 3.05) is 12.0 Å². The third-order valence-electron chi connectivity index (χ3n) is 11.2. The lowest BCUT2D eigenvalue weighted by Crippen LogP contribution is -2.49. The van der Waals surface area contributed by atoms with Crippen molar-refractivity contribution in [3.63, 3.8) is 0 Å². The molecular formula is C35H29Br2ClN4O7S. The molecule has 0 spiro atoms. The first-order valence-electron chi connectivity index (χ1n) is 15.8. The van der Waals surface area contributed by atoms with Gasteiger partial charge >= 0.3 is 0 Å². The first-order valence-corrected chi connectivity index (χ1v) is 18.6. The zero-order valence-electron chi connectivity index (χ0n) is 27.0. The van der Waals surface area contributed by atoms with Crippen molar-refractivity contribution in [1.82, 2.24) is 14.8 Å². The molecule has 4 heterocycles. The highest BCUT2D eigenvalue weighted by Gasteiger charge is 2.68. The number of thiophene rings is 1.